The predicted octanol–water partition coefficient (Wildman–Crippen LogP) is 7.38. The maximum Gasteiger partial charge on any atom is 0.0648 e. The maximum absolute atomic E-state index is 11.3. The Morgan fingerprint density at radius 1 is 0.800 bits per heavy atom. The molecule has 9 atom stereocenters. The fraction of sp³-hybridized carbons (Fsp3) is 1.00. The zero-order valence-corrected chi connectivity index (χ0v) is 23.7. The highest BCUT2D eigenvalue weighted by molar-refractivity contribution is 5.10. The summed E-state index contributed by atoms with van der Waals surface area (Å²) in [7, 11) is 1.80. The molecule has 0 aliphatic heterocycles. The molecule has 5 rings (SSSR count). The standard InChI is InChI=1S/C32H56O3/c1-22(10-15-32(34)16-11-23(12-17-32)21-35-5)26-8-9-27-25-7-6-24-20-29(2,33)18-19-30(24,3)28(25)13-14-31(26,27)4/h22-28,33-34H,6-21H2,1-5H3/t22-,23?,24+,25+,26-,27+,28+,29+,30+,31-,32?/m1/s1. The van der Waals surface area contributed by atoms with Crippen LogP contribution in [0.3, 0.4) is 0 Å². The highest BCUT2D eigenvalue weighted by atomic mass is 16.5. The summed E-state index contributed by atoms with van der Waals surface area (Å²) in [5, 5.41) is 22.1. The molecule has 3 heteroatoms. The van der Waals surface area contributed by atoms with Gasteiger partial charge in [0.15, 0.2) is 0 Å². The summed E-state index contributed by atoms with van der Waals surface area (Å²) in [4.78, 5) is 0. The Balaban J connectivity index is 1.21. The fourth-order valence-electron chi connectivity index (χ4n) is 11.0. The molecule has 0 aromatic rings. The van der Waals surface area contributed by atoms with Crippen LogP contribution in [-0.4, -0.2) is 35.1 Å². The van der Waals surface area contributed by atoms with Crippen molar-refractivity contribution >= 4 is 0 Å². The van der Waals surface area contributed by atoms with Crippen molar-refractivity contribution in [3.05, 3.63) is 0 Å². The van der Waals surface area contributed by atoms with Crippen molar-refractivity contribution in [2.75, 3.05) is 13.7 Å². The van der Waals surface area contributed by atoms with E-state index in [9.17, 15) is 10.2 Å². The first kappa shape index (κ1) is 26.5. The Bertz CT molecular complexity index is 739. The summed E-state index contributed by atoms with van der Waals surface area (Å²) in [5.74, 6) is 5.63. The van der Waals surface area contributed by atoms with Crippen LogP contribution < -0.4 is 0 Å². The van der Waals surface area contributed by atoms with Crippen LogP contribution in [-0.2, 0) is 4.74 Å². The molecular formula is C32H56O3. The van der Waals surface area contributed by atoms with Crippen molar-refractivity contribution in [3.8, 4) is 0 Å². The smallest absolute Gasteiger partial charge is 0.0648 e. The van der Waals surface area contributed by atoms with Gasteiger partial charge < -0.3 is 14.9 Å². The maximum atomic E-state index is 11.3. The van der Waals surface area contributed by atoms with Crippen LogP contribution in [0, 0.1) is 52.3 Å². The van der Waals surface area contributed by atoms with E-state index in [0.717, 1.165) is 87.1 Å². The van der Waals surface area contributed by atoms with E-state index in [0.29, 0.717) is 16.7 Å². The molecule has 5 aliphatic carbocycles. The molecule has 0 radical (unpaired) electrons. The first-order valence-electron chi connectivity index (χ1n) is 15.4. The summed E-state index contributed by atoms with van der Waals surface area (Å²) < 4.78 is 5.37. The first-order chi connectivity index (χ1) is 16.5. The lowest BCUT2D eigenvalue weighted by Gasteiger charge is -2.62. The van der Waals surface area contributed by atoms with Gasteiger partial charge in [0, 0.05) is 13.7 Å². The minimum atomic E-state index is -0.429. The van der Waals surface area contributed by atoms with Gasteiger partial charge in [-0.05, 0) is 155 Å². The van der Waals surface area contributed by atoms with Crippen molar-refractivity contribution < 1.29 is 14.9 Å². The monoisotopic (exact) mass is 488 g/mol. The lowest BCUT2D eigenvalue weighted by atomic mass is 9.43. The number of aliphatic hydroxyl groups is 2. The molecule has 202 valence electrons. The van der Waals surface area contributed by atoms with E-state index in [2.05, 4.69) is 27.7 Å². The minimum absolute atomic E-state index is 0.426. The van der Waals surface area contributed by atoms with E-state index in [1.54, 1.807) is 7.11 Å². The van der Waals surface area contributed by atoms with Gasteiger partial charge in [-0.15, -0.1) is 0 Å². The second-order valence-corrected chi connectivity index (χ2v) is 15.2. The summed E-state index contributed by atoms with van der Waals surface area (Å²) in [6.45, 7) is 10.7. The minimum Gasteiger partial charge on any atom is -0.390 e. The first-order valence-corrected chi connectivity index (χ1v) is 15.4. The third kappa shape index (κ3) is 4.78. The molecular weight excluding hydrogens is 432 g/mol. The molecule has 0 heterocycles. The molecule has 0 amide bonds. The average Bonchev–Trinajstić information content (AvgIpc) is 3.17. The van der Waals surface area contributed by atoms with E-state index < -0.39 is 11.2 Å². The number of ether oxygens (including phenoxy) is 1. The van der Waals surface area contributed by atoms with Gasteiger partial charge in [0.2, 0.25) is 0 Å². The van der Waals surface area contributed by atoms with E-state index in [4.69, 9.17) is 4.74 Å². The second-order valence-electron chi connectivity index (χ2n) is 15.2. The van der Waals surface area contributed by atoms with Crippen LogP contribution in [0.4, 0.5) is 0 Å². The molecule has 35 heavy (non-hydrogen) atoms. The molecule has 0 aromatic heterocycles. The second kappa shape index (κ2) is 9.57. The fourth-order valence-corrected chi connectivity index (χ4v) is 11.0. The number of hydrogen-bond donors (Lipinski definition) is 2. The van der Waals surface area contributed by atoms with Crippen LogP contribution in [0.5, 0.6) is 0 Å². The highest BCUT2D eigenvalue weighted by Gasteiger charge is 2.61. The Morgan fingerprint density at radius 2 is 1.51 bits per heavy atom. The summed E-state index contributed by atoms with van der Waals surface area (Å²) >= 11 is 0. The molecule has 5 aliphatic rings. The van der Waals surface area contributed by atoms with Crippen molar-refractivity contribution in [3.63, 3.8) is 0 Å². The molecule has 2 N–H and O–H groups in total. The SMILES string of the molecule is COCC1CCC(O)(CC[C@@H](C)[C@H]2CC[C@H]3[C@@H]4CC[C@H]5C[C@@](C)(O)CC[C@]5(C)[C@H]4CC[C@]23C)CC1. The van der Waals surface area contributed by atoms with Crippen molar-refractivity contribution in [1.29, 1.82) is 0 Å². The molecule has 5 saturated carbocycles. The van der Waals surface area contributed by atoms with Gasteiger partial charge in [0.05, 0.1) is 11.2 Å². The van der Waals surface area contributed by atoms with Gasteiger partial charge in [-0.2, -0.15) is 0 Å². The predicted molar refractivity (Wildman–Crippen MR) is 143 cm³/mol. The van der Waals surface area contributed by atoms with Crippen LogP contribution in [0.15, 0.2) is 0 Å². The summed E-state index contributed by atoms with van der Waals surface area (Å²) in [5.41, 5.74) is 0.106. The van der Waals surface area contributed by atoms with Gasteiger partial charge in [0.1, 0.15) is 0 Å². The van der Waals surface area contributed by atoms with Crippen molar-refractivity contribution in [2.24, 2.45) is 52.3 Å². The summed E-state index contributed by atoms with van der Waals surface area (Å²) in [6.07, 6.45) is 18.1. The molecule has 0 bridgehead atoms. The van der Waals surface area contributed by atoms with Gasteiger partial charge in [-0.1, -0.05) is 20.8 Å². The molecule has 5 fully saturated rings. The van der Waals surface area contributed by atoms with Crippen LogP contribution in [0.2, 0.25) is 0 Å². The Hall–Kier alpha value is -0.120. The number of methoxy groups -OCH3 is 1. The molecule has 0 spiro atoms. The van der Waals surface area contributed by atoms with Crippen LogP contribution in [0.25, 0.3) is 0 Å². The molecule has 0 aromatic carbocycles. The average molecular weight is 489 g/mol. The lowest BCUT2D eigenvalue weighted by Crippen LogP contribution is -2.55. The Kier molecular flexibility index (Phi) is 7.24. The number of hydrogen-bond acceptors (Lipinski definition) is 3. The van der Waals surface area contributed by atoms with E-state index >= 15 is 0 Å². The van der Waals surface area contributed by atoms with Crippen molar-refractivity contribution in [1.82, 2.24) is 0 Å². The topological polar surface area (TPSA) is 49.7 Å². The van der Waals surface area contributed by atoms with Gasteiger partial charge >= 0.3 is 0 Å². The van der Waals surface area contributed by atoms with Gasteiger partial charge in [0.25, 0.3) is 0 Å². The molecule has 0 unspecified atom stereocenters. The largest absolute Gasteiger partial charge is 0.390 e. The van der Waals surface area contributed by atoms with Crippen LogP contribution >= 0.6 is 0 Å². The third-order valence-corrected chi connectivity index (χ3v) is 13.2. The van der Waals surface area contributed by atoms with Crippen molar-refractivity contribution in [2.45, 2.75) is 135 Å². The van der Waals surface area contributed by atoms with E-state index in [1.807, 2.05) is 0 Å². The van der Waals surface area contributed by atoms with Crippen LogP contribution in [0.1, 0.15) is 124 Å². The van der Waals surface area contributed by atoms with Gasteiger partial charge in [-0.25, -0.2) is 0 Å². The highest BCUT2D eigenvalue weighted by Crippen LogP contribution is 2.69. The molecule has 0 saturated heterocycles. The normalized spacial score (nSPS) is 52.9. The Morgan fingerprint density at radius 3 is 2.23 bits per heavy atom. The quantitative estimate of drug-likeness (QED) is 0.410. The number of fused-ring (bicyclic) bond motifs is 5. The zero-order chi connectivity index (χ0) is 25.1. The number of rotatable bonds is 6. The summed E-state index contributed by atoms with van der Waals surface area (Å²) in [6, 6.07) is 0. The van der Waals surface area contributed by atoms with E-state index in [1.165, 1.54) is 51.4 Å². The molecule has 3 nitrogen and oxygen atoms in total. The zero-order valence-electron chi connectivity index (χ0n) is 23.7. The Labute approximate surface area is 216 Å². The third-order valence-electron chi connectivity index (χ3n) is 13.2. The van der Waals surface area contributed by atoms with E-state index in [-0.39, 0.29) is 0 Å². The lowest BCUT2D eigenvalue weighted by molar-refractivity contribution is -0.148. The van der Waals surface area contributed by atoms with Gasteiger partial charge in [-0.3, -0.25) is 0 Å².